The van der Waals surface area contributed by atoms with Crippen molar-refractivity contribution in [1.29, 1.82) is 0 Å². The van der Waals surface area contributed by atoms with Gasteiger partial charge in [-0.1, -0.05) is 0 Å². The summed E-state index contributed by atoms with van der Waals surface area (Å²) in [7, 11) is -1.37. The van der Waals surface area contributed by atoms with Crippen LogP contribution in [0.25, 0.3) is 0 Å². The number of methoxy groups -OCH3 is 1. The molecule has 1 aromatic rings. The summed E-state index contributed by atoms with van der Waals surface area (Å²) >= 11 is 0. The van der Waals surface area contributed by atoms with Crippen molar-refractivity contribution in [1.82, 2.24) is 0 Å². The number of sulfone groups is 1. The first kappa shape index (κ1) is 11.0. The minimum atomic E-state index is -2.98. The number of rotatable bonds is 3. The molecule has 0 aromatic heterocycles. The molecule has 0 spiro atoms. The second-order valence-electron chi connectivity index (χ2n) is 3.61. The third-order valence-electron chi connectivity index (χ3n) is 2.37. The van der Waals surface area contributed by atoms with Crippen LogP contribution < -0.4 is 10.1 Å². The second kappa shape index (κ2) is 4.17. The monoisotopic (exact) mass is 239 g/mol. The fourth-order valence-electron chi connectivity index (χ4n) is 1.54. The molecule has 1 aromatic carbocycles. The molecule has 1 heterocycles. The number of benzene rings is 1. The van der Waals surface area contributed by atoms with E-state index in [9.17, 15) is 8.42 Å². The van der Waals surface area contributed by atoms with E-state index in [1.807, 2.05) is 24.3 Å². The first-order valence-electron chi connectivity index (χ1n) is 4.93. The van der Waals surface area contributed by atoms with E-state index in [1.54, 1.807) is 7.11 Å². The molecule has 1 N–H and O–H groups in total. The van der Waals surface area contributed by atoms with Crippen molar-refractivity contribution in [3.05, 3.63) is 35.4 Å². The highest BCUT2D eigenvalue weighted by molar-refractivity contribution is 7.94. The minimum Gasteiger partial charge on any atom is -0.497 e. The number of hydrogen-bond acceptors (Lipinski definition) is 4. The highest BCUT2D eigenvalue weighted by atomic mass is 32.2. The van der Waals surface area contributed by atoms with E-state index in [0.717, 1.165) is 17.1 Å². The molecule has 0 unspecified atom stereocenters. The van der Waals surface area contributed by atoms with Gasteiger partial charge in [-0.2, -0.15) is 0 Å². The van der Waals surface area contributed by atoms with E-state index in [1.165, 1.54) is 5.41 Å². The van der Waals surface area contributed by atoms with Crippen LogP contribution in [0.5, 0.6) is 5.75 Å². The fourth-order valence-corrected chi connectivity index (χ4v) is 2.77. The maximum Gasteiger partial charge on any atom is 0.173 e. The highest BCUT2D eigenvalue weighted by Gasteiger charge is 2.18. The Morgan fingerprint density at radius 1 is 1.25 bits per heavy atom. The van der Waals surface area contributed by atoms with Gasteiger partial charge in [0.05, 0.1) is 12.9 Å². The Morgan fingerprint density at radius 3 is 2.44 bits per heavy atom. The number of anilines is 1. The van der Waals surface area contributed by atoms with E-state index in [0.29, 0.717) is 6.42 Å². The van der Waals surface area contributed by atoms with Gasteiger partial charge in [-0.25, -0.2) is 8.42 Å². The van der Waals surface area contributed by atoms with Crippen molar-refractivity contribution in [2.24, 2.45) is 0 Å². The molecule has 1 aliphatic rings. The Bertz CT molecular complexity index is 503. The van der Waals surface area contributed by atoms with Crippen LogP contribution in [0.4, 0.5) is 5.69 Å². The Hall–Kier alpha value is -1.49. The topological polar surface area (TPSA) is 55.4 Å². The zero-order chi connectivity index (χ0) is 11.6. The van der Waals surface area contributed by atoms with Gasteiger partial charge in [0.2, 0.25) is 0 Å². The molecule has 0 radical (unpaired) electrons. The Labute approximate surface area is 94.8 Å². The predicted octanol–water partition coefficient (Wildman–Crippen LogP) is 1.77. The molecule has 2 rings (SSSR count). The van der Waals surface area contributed by atoms with E-state index < -0.39 is 9.84 Å². The van der Waals surface area contributed by atoms with Crippen molar-refractivity contribution in [3.8, 4) is 5.75 Å². The van der Waals surface area contributed by atoms with Crippen molar-refractivity contribution in [2.45, 2.75) is 6.42 Å². The van der Waals surface area contributed by atoms with E-state index in [2.05, 4.69) is 5.32 Å². The van der Waals surface area contributed by atoms with Gasteiger partial charge in [-0.15, -0.1) is 0 Å². The van der Waals surface area contributed by atoms with Crippen LogP contribution in [0.2, 0.25) is 0 Å². The Balaban J connectivity index is 2.10. The van der Waals surface area contributed by atoms with Crippen LogP contribution in [0.3, 0.4) is 0 Å². The standard InChI is InChI=1S/C11H13NO3S/c1-15-11-4-2-9(3-5-11)12-10-6-7-16(13,14)8-10/h2-5,8,12H,6-7H2,1H3. The Kier molecular flexibility index (Phi) is 2.87. The van der Waals surface area contributed by atoms with E-state index in [4.69, 9.17) is 4.74 Å². The zero-order valence-corrected chi connectivity index (χ0v) is 9.75. The fraction of sp³-hybridized carbons (Fsp3) is 0.273. The molecule has 0 aliphatic carbocycles. The summed E-state index contributed by atoms with van der Waals surface area (Å²) in [5, 5.41) is 4.38. The molecule has 0 saturated heterocycles. The average molecular weight is 239 g/mol. The highest BCUT2D eigenvalue weighted by Crippen LogP contribution is 2.21. The lowest BCUT2D eigenvalue weighted by Crippen LogP contribution is -1.96. The van der Waals surface area contributed by atoms with Gasteiger partial charge in [-0.05, 0) is 24.3 Å². The Morgan fingerprint density at radius 2 is 1.94 bits per heavy atom. The van der Waals surface area contributed by atoms with Gasteiger partial charge >= 0.3 is 0 Å². The molecular formula is C11H13NO3S. The predicted molar refractivity (Wildman–Crippen MR) is 63.1 cm³/mol. The maximum absolute atomic E-state index is 11.2. The van der Waals surface area contributed by atoms with E-state index >= 15 is 0 Å². The third kappa shape index (κ3) is 2.55. The van der Waals surface area contributed by atoms with Crippen LogP contribution in [-0.4, -0.2) is 21.3 Å². The molecule has 0 atom stereocenters. The zero-order valence-electron chi connectivity index (χ0n) is 8.93. The van der Waals surface area contributed by atoms with Gasteiger partial charge in [0.1, 0.15) is 5.75 Å². The van der Waals surface area contributed by atoms with Crippen molar-refractivity contribution in [2.75, 3.05) is 18.2 Å². The van der Waals surface area contributed by atoms with Gasteiger partial charge in [0.25, 0.3) is 0 Å². The van der Waals surface area contributed by atoms with Crippen LogP contribution in [-0.2, 0) is 9.84 Å². The summed E-state index contributed by atoms with van der Waals surface area (Å²) < 4.78 is 27.4. The number of ether oxygens (including phenoxy) is 1. The van der Waals surface area contributed by atoms with Crippen molar-refractivity contribution >= 4 is 15.5 Å². The third-order valence-corrected chi connectivity index (χ3v) is 3.79. The summed E-state index contributed by atoms with van der Waals surface area (Å²) in [6.07, 6.45) is 0.550. The van der Waals surface area contributed by atoms with Gasteiger partial charge in [-0.3, -0.25) is 0 Å². The van der Waals surface area contributed by atoms with Crippen LogP contribution in [0.1, 0.15) is 6.42 Å². The summed E-state index contributed by atoms with van der Waals surface area (Å²) in [6.45, 7) is 0. The summed E-state index contributed by atoms with van der Waals surface area (Å²) in [6, 6.07) is 7.36. The summed E-state index contributed by atoms with van der Waals surface area (Å²) in [5.41, 5.74) is 1.61. The SMILES string of the molecule is COc1ccc(NC2=CS(=O)(=O)CC2)cc1. The van der Waals surface area contributed by atoms with E-state index in [-0.39, 0.29) is 5.75 Å². The van der Waals surface area contributed by atoms with Crippen molar-refractivity contribution in [3.63, 3.8) is 0 Å². The van der Waals surface area contributed by atoms with Crippen molar-refractivity contribution < 1.29 is 13.2 Å². The molecule has 0 fully saturated rings. The number of nitrogens with one attached hydrogen (secondary N) is 1. The van der Waals surface area contributed by atoms with Gasteiger partial charge in [0.15, 0.2) is 9.84 Å². The quantitative estimate of drug-likeness (QED) is 0.873. The number of allylic oxidation sites excluding steroid dienone is 1. The summed E-state index contributed by atoms with van der Waals surface area (Å²) in [5.74, 6) is 0.976. The molecule has 4 nitrogen and oxygen atoms in total. The normalized spacial score (nSPS) is 17.9. The maximum atomic E-state index is 11.2. The molecule has 0 saturated carbocycles. The molecule has 0 bridgehead atoms. The van der Waals surface area contributed by atoms with Crippen LogP contribution in [0, 0.1) is 0 Å². The molecule has 5 heteroatoms. The minimum absolute atomic E-state index is 0.200. The average Bonchev–Trinajstić information content (AvgIpc) is 2.59. The molecular weight excluding hydrogens is 226 g/mol. The first-order valence-corrected chi connectivity index (χ1v) is 6.65. The lowest BCUT2D eigenvalue weighted by atomic mass is 10.3. The molecule has 16 heavy (non-hydrogen) atoms. The second-order valence-corrected chi connectivity index (χ2v) is 5.58. The lowest BCUT2D eigenvalue weighted by Gasteiger charge is -2.06. The van der Waals surface area contributed by atoms with Gasteiger partial charge in [0, 0.05) is 23.2 Å². The number of hydrogen-bond donors (Lipinski definition) is 1. The first-order chi connectivity index (χ1) is 7.59. The molecule has 1 aliphatic heterocycles. The largest absolute Gasteiger partial charge is 0.497 e. The van der Waals surface area contributed by atoms with Crippen LogP contribution >= 0.6 is 0 Å². The lowest BCUT2D eigenvalue weighted by molar-refractivity contribution is 0.415. The summed E-state index contributed by atoms with van der Waals surface area (Å²) in [4.78, 5) is 0. The van der Waals surface area contributed by atoms with Crippen LogP contribution in [0.15, 0.2) is 35.4 Å². The smallest absolute Gasteiger partial charge is 0.173 e. The van der Waals surface area contributed by atoms with Gasteiger partial charge < -0.3 is 10.1 Å². The molecule has 0 amide bonds. The molecule has 86 valence electrons.